The number of hydrogen-bond acceptors (Lipinski definition) is 5. The molecule has 0 saturated carbocycles. The summed E-state index contributed by atoms with van der Waals surface area (Å²) in [7, 11) is 0. The molecule has 6 nitrogen and oxygen atoms in total. The van der Waals surface area contributed by atoms with E-state index in [-0.39, 0.29) is 10.6 Å². The lowest BCUT2D eigenvalue weighted by Crippen LogP contribution is -2.36. The van der Waals surface area contributed by atoms with Gasteiger partial charge >= 0.3 is 0 Å². The topological polar surface area (TPSA) is 79.6 Å². The molecule has 2 heterocycles. The Hall–Kier alpha value is -3.17. The van der Waals surface area contributed by atoms with E-state index in [1.807, 2.05) is 25.1 Å². The van der Waals surface area contributed by atoms with Crippen LogP contribution in [-0.4, -0.2) is 28.5 Å². The van der Waals surface area contributed by atoms with Gasteiger partial charge in [-0.25, -0.2) is 4.39 Å². The molecule has 0 bridgehead atoms. The predicted molar refractivity (Wildman–Crippen MR) is 124 cm³/mol. The zero-order chi connectivity index (χ0) is 22.8. The van der Waals surface area contributed by atoms with E-state index in [1.54, 1.807) is 18.2 Å². The number of rotatable bonds is 5. The molecule has 1 N–H and O–H groups in total. The summed E-state index contributed by atoms with van der Waals surface area (Å²) in [4.78, 5) is 38.1. The molecule has 1 fully saturated rings. The maximum Gasteiger partial charge on any atom is 0.294 e. The summed E-state index contributed by atoms with van der Waals surface area (Å²) in [5.74, 6) is -0.898. The number of hydrogen-bond donors (Lipinski definition) is 1. The standard InChI is InChI=1S/C23H16BrFN2O4S/c1-13-6-8-15(16(24)10-13)19-9-7-14(31-19)11-20-22(29)27(23(30)32-20)12-21(28)26-18-5-3-2-4-17(18)25/h2-11H,12H2,1H3,(H,26,28)/b20-11-. The first-order chi connectivity index (χ1) is 15.3. The van der Waals surface area contributed by atoms with Gasteiger partial charge in [0.1, 0.15) is 23.9 Å². The van der Waals surface area contributed by atoms with Gasteiger partial charge in [0.05, 0.1) is 10.6 Å². The van der Waals surface area contributed by atoms with Crippen LogP contribution in [0.4, 0.5) is 14.9 Å². The molecule has 0 atom stereocenters. The lowest BCUT2D eigenvalue weighted by Gasteiger charge is -2.12. The molecule has 3 aromatic rings. The molecule has 3 amide bonds. The number of halogens is 2. The molecule has 1 aromatic heterocycles. The van der Waals surface area contributed by atoms with Gasteiger partial charge in [-0.3, -0.25) is 19.3 Å². The Kier molecular flexibility index (Phi) is 6.29. The molecule has 1 aliphatic heterocycles. The molecule has 2 aromatic carbocycles. The molecule has 0 spiro atoms. The van der Waals surface area contributed by atoms with Crippen LogP contribution in [-0.2, 0) is 9.59 Å². The number of benzene rings is 2. The summed E-state index contributed by atoms with van der Waals surface area (Å²) in [5.41, 5.74) is 1.93. The highest BCUT2D eigenvalue weighted by molar-refractivity contribution is 9.10. The number of anilines is 1. The van der Waals surface area contributed by atoms with E-state index in [9.17, 15) is 18.8 Å². The van der Waals surface area contributed by atoms with Crippen molar-refractivity contribution in [1.29, 1.82) is 0 Å². The number of amides is 3. The van der Waals surface area contributed by atoms with Crippen LogP contribution >= 0.6 is 27.7 Å². The Labute approximate surface area is 195 Å². The molecule has 4 rings (SSSR count). The Bertz CT molecular complexity index is 1270. The van der Waals surface area contributed by atoms with Crippen molar-refractivity contribution >= 4 is 56.5 Å². The third-order valence-electron chi connectivity index (χ3n) is 4.61. The molecule has 162 valence electrons. The summed E-state index contributed by atoms with van der Waals surface area (Å²) in [6, 6.07) is 15.0. The predicted octanol–water partition coefficient (Wildman–Crippen LogP) is 5.83. The molecular formula is C23H16BrFN2O4S. The van der Waals surface area contributed by atoms with Gasteiger partial charge in [0.25, 0.3) is 11.1 Å². The first-order valence-corrected chi connectivity index (χ1v) is 11.1. The number of imide groups is 1. The van der Waals surface area contributed by atoms with Crippen molar-refractivity contribution in [2.75, 3.05) is 11.9 Å². The summed E-state index contributed by atoms with van der Waals surface area (Å²) in [5, 5.41) is 1.78. The quantitative estimate of drug-likeness (QED) is 0.433. The summed E-state index contributed by atoms with van der Waals surface area (Å²) < 4.78 is 20.4. The maximum atomic E-state index is 13.7. The van der Waals surface area contributed by atoms with Crippen LogP contribution in [0.2, 0.25) is 0 Å². The number of nitrogens with zero attached hydrogens (tertiary/aromatic N) is 1. The van der Waals surface area contributed by atoms with E-state index in [0.29, 0.717) is 23.3 Å². The van der Waals surface area contributed by atoms with Crippen molar-refractivity contribution in [3.8, 4) is 11.3 Å². The molecule has 0 unspecified atom stereocenters. The normalized spacial score (nSPS) is 15.0. The number of aryl methyl sites for hydroxylation is 1. The zero-order valence-electron chi connectivity index (χ0n) is 16.7. The highest BCUT2D eigenvalue weighted by Gasteiger charge is 2.36. The number of carbonyl (C=O) groups excluding carboxylic acids is 3. The zero-order valence-corrected chi connectivity index (χ0v) is 19.1. The maximum absolute atomic E-state index is 13.7. The molecular weight excluding hydrogens is 499 g/mol. The Morgan fingerprint density at radius 2 is 1.97 bits per heavy atom. The monoisotopic (exact) mass is 514 g/mol. The van der Waals surface area contributed by atoms with Gasteiger partial charge in [0, 0.05) is 16.1 Å². The smallest absolute Gasteiger partial charge is 0.294 e. The van der Waals surface area contributed by atoms with Crippen molar-refractivity contribution < 1.29 is 23.2 Å². The van der Waals surface area contributed by atoms with Gasteiger partial charge < -0.3 is 9.73 Å². The lowest BCUT2D eigenvalue weighted by molar-refractivity contribution is -0.127. The van der Waals surface area contributed by atoms with Crippen molar-refractivity contribution in [3.63, 3.8) is 0 Å². The molecule has 0 aliphatic carbocycles. The van der Waals surface area contributed by atoms with Crippen LogP contribution in [0.1, 0.15) is 11.3 Å². The molecule has 0 radical (unpaired) electrons. The molecule has 32 heavy (non-hydrogen) atoms. The van der Waals surface area contributed by atoms with Crippen LogP contribution in [0.15, 0.2) is 68.4 Å². The fourth-order valence-corrected chi connectivity index (χ4v) is 4.56. The van der Waals surface area contributed by atoms with E-state index in [1.165, 1.54) is 24.3 Å². The van der Waals surface area contributed by atoms with Crippen LogP contribution in [0.3, 0.4) is 0 Å². The van der Waals surface area contributed by atoms with Gasteiger partial charge in [-0.1, -0.05) is 34.1 Å². The van der Waals surface area contributed by atoms with Gasteiger partial charge in [-0.15, -0.1) is 0 Å². The van der Waals surface area contributed by atoms with E-state index in [2.05, 4.69) is 21.2 Å². The average Bonchev–Trinajstić information content (AvgIpc) is 3.30. The third-order valence-corrected chi connectivity index (χ3v) is 6.18. The van der Waals surface area contributed by atoms with Gasteiger partial charge in [-0.2, -0.15) is 0 Å². The van der Waals surface area contributed by atoms with Gasteiger partial charge in [0.2, 0.25) is 5.91 Å². The van der Waals surface area contributed by atoms with Crippen LogP contribution in [0.5, 0.6) is 0 Å². The first-order valence-electron chi connectivity index (χ1n) is 9.48. The molecule has 1 aliphatic rings. The minimum Gasteiger partial charge on any atom is -0.457 e. The minimum absolute atomic E-state index is 0.0228. The number of thioether (sulfide) groups is 1. The summed E-state index contributed by atoms with van der Waals surface area (Å²) in [6.07, 6.45) is 1.46. The second kappa shape index (κ2) is 9.13. The fourth-order valence-electron chi connectivity index (χ4n) is 3.06. The second-order valence-corrected chi connectivity index (χ2v) is 8.83. The summed E-state index contributed by atoms with van der Waals surface area (Å²) >= 11 is 4.22. The van der Waals surface area contributed by atoms with Crippen molar-refractivity contribution in [2.45, 2.75) is 6.92 Å². The number of nitrogens with one attached hydrogen (secondary N) is 1. The fraction of sp³-hybridized carbons (Fsp3) is 0.0870. The number of carbonyl (C=O) groups is 3. The molecule has 1 saturated heterocycles. The Morgan fingerprint density at radius 1 is 1.19 bits per heavy atom. The van der Waals surface area contributed by atoms with E-state index in [0.717, 1.165) is 20.5 Å². The number of furan rings is 1. The molecule has 9 heteroatoms. The first kappa shape index (κ1) is 22.0. The largest absolute Gasteiger partial charge is 0.457 e. The Morgan fingerprint density at radius 3 is 2.72 bits per heavy atom. The Balaban J connectivity index is 1.47. The lowest BCUT2D eigenvalue weighted by atomic mass is 10.1. The van der Waals surface area contributed by atoms with Crippen LogP contribution in [0.25, 0.3) is 17.4 Å². The van der Waals surface area contributed by atoms with Gasteiger partial charge in [0.15, 0.2) is 0 Å². The minimum atomic E-state index is -0.678. The SMILES string of the molecule is Cc1ccc(-c2ccc(/C=C3\SC(=O)N(CC(=O)Nc4ccccc4F)C3=O)o2)c(Br)c1. The van der Waals surface area contributed by atoms with Gasteiger partial charge in [-0.05, 0) is 60.6 Å². The van der Waals surface area contributed by atoms with Crippen molar-refractivity contribution in [1.82, 2.24) is 4.90 Å². The summed E-state index contributed by atoms with van der Waals surface area (Å²) in [6.45, 7) is 1.46. The highest BCUT2D eigenvalue weighted by atomic mass is 79.9. The van der Waals surface area contributed by atoms with Crippen molar-refractivity contribution in [3.05, 3.63) is 81.1 Å². The van der Waals surface area contributed by atoms with Crippen molar-refractivity contribution in [2.24, 2.45) is 0 Å². The van der Waals surface area contributed by atoms with E-state index >= 15 is 0 Å². The average molecular weight is 515 g/mol. The second-order valence-electron chi connectivity index (χ2n) is 6.98. The van der Waals surface area contributed by atoms with E-state index in [4.69, 9.17) is 4.42 Å². The highest BCUT2D eigenvalue weighted by Crippen LogP contribution is 2.35. The van der Waals surface area contributed by atoms with Crippen LogP contribution < -0.4 is 5.32 Å². The third kappa shape index (κ3) is 4.68. The number of para-hydroxylation sites is 1. The van der Waals surface area contributed by atoms with Crippen LogP contribution in [0, 0.1) is 12.7 Å². The van der Waals surface area contributed by atoms with E-state index < -0.39 is 29.4 Å².